The molecular weight excluding hydrogens is 308 g/mol. The molecule has 0 aliphatic rings. The summed E-state index contributed by atoms with van der Waals surface area (Å²) in [5.74, 6) is -1.07. The van der Waals surface area contributed by atoms with Crippen LogP contribution in [0.1, 0.15) is 38.1 Å². The van der Waals surface area contributed by atoms with Gasteiger partial charge >= 0.3 is 0 Å². The largest absolute Gasteiger partial charge is 0.355 e. The zero-order valence-corrected chi connectivity index (χ0v) is 13.1. The molecule has 0 fully saturated rings. The minimum absolute atomic E-state index is 0.167. The van der Waals surface area contributed by atoms with Crippen molar-refractivity contribution in [1.29, 1.82) is 0 Å². The number of amides is 1. The zero-order valence-electron chi connectivity index (χ0n) is 13.1. The van der Waals surface area contributed by atoms with Crippen LogP contribution in [-0.2, 0) is 0 Å². The number of carbonyl (C=O) groups excluding carboxylic acids is 1. The fraction of sp³-hybridized carbons (Fsp3) is 0.462. The Morgan fingerprint density at radius 1 is 1.09 bits per heavy atom. The van der Waals surface area contributed by atoms with E-state index in [0.29, 0.717) is 0 Å². The lowest BCUT2D eigenvalue weighted by Crippen LogP contribution is -2.38. The van der Waals surface area contributed by atoms with Gasteiger partial charge in [0.05, 0.1) is 15.4 Å². The van der Waals surface area contributed by atoms with Crippen LogP contribution in [0.5, 0.6) is 0 Å². The molecule has 0 saturated heterocycles. The highest BCUT2D eigenvalue weighted by Gasteiger charge is 2.34. The van der Waals surface area contributed by atoms with Crippen LogP contribution in [0, 0.1) is 20.2 Å². The van der Waals surface area contributed by atoms with Crippen molar-refractivity contribution in [2.24, 2.45) is 0 Å². The standard InChI is InChI=1S/C13H18N4O6/c1-7(2)15(8(3)4)12-10(16(20)21)5-9(13(18)14-19)6-11(12)17(22)23/h5-8,19H,1-4H3,(H,14,18). The van der Waals surface area contributed by atoms with Crippen molar-refractivity contribution in [3.05, 3.63) is 37.9 Å². The van der Waals surface area contributed by atoms with Crippen molar-refractivity contribution in [1.82, 2.24) is 5.48 Å². The quantitative estimate of drug-likeness (QED) is 0.464. The van der Waals surface area contributed by atoms with Gasteiger partial charge in [-0.1, -0.05) is 0 Å². The van der Waals surface area contributed by atoms with Crippen LogP contribution in [0.3, 0.4) is 0 Å². The summed E-state index contributed by atoms with van der Waals surface area (Å²) in [6.07, 6.45) is 0. The normalized spacial score (nSPS) is 10.7. The van der Waals surface area contributed by atoms with Crippen LogP contribution in [0.4, 0.5) is 17.1 Å². The van der Waals surface area contributed by atoms with E-state index in [1.165, 1.54) is 10.4 Å². The molecule has 23 heavy (non-hydrogen) atoms. The number of hydroxylamine groups is 1. The molecule has 1 amide bonds. The minimum atomic E-state index is -1.07. The number of nitro groups is 2. The van der Waals surface area contributed by atoms with Crippen molar-refractivity contribution >= 4 is 23.0 Å². The first-order valence-electron chi connectivity index (χ1n) is 6.81. The molecule has 1 aromatic rings. The van der Waals surface area contributed by atoms with E-state index in [-0.39, 0.29) is 23.3 Å². The molecule has 2 N–H and O–H groups in total. The van der Waals surface area contributed by atoms with Gasteiger partial charge in [-0.25, -0.2) is 5.48 Å². The molecular formula is C13H18N4O6. The molecule has 0 aliphatic heterocycles. The molecule has 0 spiro atoms. The molecule has 126 valence electrons. The Labute approximate surface area is 132 Å². The van der Waals surface area contributed by atoms with Gasteiger partial charge in [0.25, 0.3) is 17.3 Å². The molecule has 0 bridgehead atoms. The smallest absolute Gasteiger partial charge is 0.300 e. The van der Waals surface area contributed by atoms with Gasteiger partial charge in [-0.2, -0.15) is 0 Å². The molecule has 0 aliphatic carbocycles. The Morgan fingerprint density at radius 3 is 1.74 bits per heavy atom. The highest BCUT2D eigenvalue weighted by molar-refractivity contribution is 5.97. The summed E-state index contributed by atoms with van der Waals surface area (Å²) in [5, 5.41) is 31.4. The molecule has 10 heteroatoms. The second-order valence-corrected chi connectivity index (χ2v) is 5.41. The van der Waals surface area contributed by atoms with Crippen molar-refractivity contribution in [2.75, 3.05) is 4.90 Å². The van der Waals surface area contributed by atoms with E-state index in [1.54, 1.807) is 27.7 Å². The van der Waals surface area contributed by atoms with Gasteiger partial charge in [-0.3, -0.25) is 30.2 Å². The lowest BCUT2D eigenvalue weighted by Gasteiger charge is -2.32. The summed E-state index contributed by atoms with van der Waals surface area (Å²) < 4.78 is 0. The van der Waals surface area contributed by atoms with Gasteiger partial charge < -0.3 is 4.90 Å². The number of carbonyl (C=O) groups is 1. The number of hydrogen-bond acceptors (Lipinski definition) is 7. The third-order valence-electron chi connectivity index (χ3n) is 3.20. The summed E-state index contributed by atoms with van der Waals surface area (Å²) >= 11 is 0. The molecule has 0 radical (unpaired) electrons. The number of rotatable bonds is 6. The van der Waals surface area contributed by atoms with Gasteiger partial charge in [0, 0.05) is 24.2 Å². The summed E-state index contributed by atoms with van der Waals surface area (Å²) in [6, 6.07) is 1.33. The summed E-state index contributed by atoms with van der Waals surface area (Å²) in [5.41, 5.74) is -0.369. The molecule has 0 atom stereocenters. The average molecular weight is 326 g/mol. The molecule has 1 rings (SSSR count). The Morgan fingerprint density at radius 2 is 1.48 bits per heavy atom. The summed E-state index contributed by atoms with van der Waals surface area (Å²) in [4.78, 5) is 34.2. The van der Waals surface area contributed by atoms with Crippen LogP contribution in [0.15, 0.2) is 12.1 Å². The molecule has 10 nitrogen and oxygen atoms in total. The average Bonchev–Trinajstić information content (AvgIpc) is 2.45. The van der Waals surface area contributed by atoms with Crippen LogP contribution in [0.25, 0.3) is 0 Å². The molecule has 1 aromatic carbocycles. The SMILES string of the molecule is CC(C)N(c1c([N+](=O)[O-])cc(C(=O)NO)cc1[N+](=O)[O-])C(C)C. The maximum Gasteiger partial charge on any atom is 0.300 e. The van der Waals surface area contributed by atoms with E-state index in [9.17, 15) is 25.0 Å². The maximum absolute atomic E-state index is 11.5. The monoisotopic (exact) mass is 326 g/mol. The lowest BCUT2D eigenvalue weighted by atomic mass is 10.1. The van der Waals surface area contributed by atoms with Crippen LogP contribution in [-0.4, -0.2) is 33.0 Å². The van der Waals surface area contributed by atoms with Gasteiger partial charge in [-0.05, 0) is 27.7 Å². The van der Waals surface area contributed by atoms with E-state index in [4.69, 9.17) is 5.21 Å². The first-order chi connectivity index (χ1) is 10.6. The summed E-state index contributed by atoms with van der Waals surface area (Å²) in [7, 11) is 0. The topological polar surface area (TPSA) is 139 Å². The number of nitrogens with zero attached hydrogens (tertiary/aromatic N) is 3. The third kappa shape index (κ3) is 3.72. The number of anilines is 1. The van der Waals surface area contributed by atoms with Crippen LogP contribution < -0.4 is 10.4 Å². The fourth-order valence-electron chi connectivity index (χ4n) is 2.46. The predicted octanol–water partition coefficient (Wildman–Crippen LogP) is 2.25. The third-order valence-corrected chi connectivity index (χ3v) is 3.20. The highest BCUT2D eigenvalue weighted by atomic mass is 16.6. The molecule has 0 saturated carbocycles. The van der Waals surface area contributed by atoms with Crippen molar-refractivity contribution in [3.63, 3.8) is 0 Å². The van der Waals surface area contributed by atoms with Gasteiger partial charge in [0.2, 0.25) is 0 Å². The first kappa shape index (κ1) is 18.3. The van der Waals surface area contributed by atoms with Gasteiger partial charge in [-0.15, -0.1) is 0 Å². The zero-order chi connectivity index (χ0) is 17.9. The molecule has 0 unspecified atom stereocenters. The van der Waals surface area contributed by atoms with E-state index >= 15 is 0 Å². The fourth-order valence-corrected chi connectivity index (χ4v) is 2.46. The predicted molar refractivity (Wildman–Crippen MR) is 81.8 cm³/mol. The Bertz CT molecular complexity index is 600. The van der Waals surface area contributed by atoms with Crippen molar-refractivity contribution in [2.45, 2.75) is 39.8 Å². The van der Waals surface area contributed by atoms with Gasteiger partial charge in [0.15, 0.2) is 5.69 Å². The van der Waals surface area contributed by atoms with Gasteiger partial charge in [0.1, 0.15) is 0 Å². The number of benzene rings is 1. The molecule has 0 aromatic heterocycles. The van der Waals surface area contributed by atoms with Crippen LogP contribution in [0.2, 0.25) is 0 Å². The number of hydrogen-bond donors (Lipinski definition) is 2. The van der Waals surface area contributed by atoms with Crippen LogP contribution >= 0.6 is 0 Å². The van der Waals surface area contributed by atoms with E-state index in [1.807, 2.05) is 0 Å². The Hall–Kier alpha value is -2.75. The first-order valence-corrected chi connectivity index (χ1v) is 6.81. The Kier molecular flexibility index (Phi) is 5.57. The number of nitro benzene ring substituents is 2. The minimum Gasteiger partial charge on any atom is -0.355 e. The van der Waals surface area contributed by atoms with E-state index in [2.05, 4.69) is 0 Å². The van der Waals surface area contributed by atoms with E-state index in [0.717, 1.165) is 12.1 Å². The van der Waals surface area contributed by atoms with Crippen molar-refractivity contribution < 1.29 is 19.8 Å². The van der Waals surface area contributed by atoms with Crippen molar-refractivity contribution in [3.8, 4) is 0 Å². The second kappa shape index (κ2) is 7.01. The number of nitrogens with one attached hydrogen (secondary N) is 1. The second-order valence-electron chi connectivity index (χ2n) is 5.41. The highest BCUT2D eigenvalue weighted by Crippen LogP contribution is 2.40. The Balaban J connectivity index is 3.81. The van der Waals surface area contributed by atoms with E-state index < -0.39 is 27.1 Å². The molecule has 0 heterocycles. The lowest BCUT2D eigenvalue weighted by molar-refractivity contribution is -0.392. The maximum atomic E-state index is 11.5. The summed E-state index contributed by atoms with van der Waals surface area (Å²) in [6.45, 7) is 7.01.